The molecule has 1 amide bonds. The van der Waals surface area contributed by atoms with E-state index in [9.17, 15) is 19.1 Å². The van der Waals surface area contributed by atoms with Crippen molar-refractivity contribution in [2.45, 2.75) is 32.5 Å². The van der Waals surface area contributed by atoms with Crippen LogP contribution in [0.25, 0.3) is 0 Å². The van der Waals surface area contributed by atoms with E-state index in [1.54, 1.807) is 12.1 Å². The van der Waals surface area contributed by atoms with Crippen LogP contribution in [0, 0.1) is 5.82 Å². The lowest BCUT2D eigenvalue weighted by Crippen LogP contribution is -2.40. The Morgan fingerprint density at radius 2 is 2.16 bits per heavy atom. The minimum Gasteiger partial charge on any atom is -0.502 e. The molecular weight excluding hydrogens is 327 g/mol. The monoisotopic (exact) mass is 346 g/mol. The molecule has 0 aliphatic carbocycles. The van der Waals surface area contributed by atoms with Crippen molar-refractivity contribution in [3.05, 3.63) is 57.5 Å². The molecule has 2 aromatic rings. The van der Waals surface area contributed by atoms with E-state index in [2.05, 4.69) is 15.6 Å². The van der Waals surface area contributed by atoms with E-state index >= 15 is 0 Å². The maximum absolute atomic E-state index is 12.9. The minimum absolute atomic E-state index is 0.0587. The molecule has 3 rings (SSSR count). The number of halogens is 1. The van der Waals surface area contributed by atoms with E-state index in [1.807, 2.05) is 6.92 Å². The van der Waals surface area contributed by atoms with E-state index < -0.39 is 11.3 Å². The number of nitrogens with zero attached hydrogens (tertiary/aromatic N) is 2. The first-order valence-corrected chi connectivity index (χ1v) is 8.03. The summed E-state index contributed by atoms with van der Waals surface area (Å²) in [5, 5.41) is 15.9. The number of carbonyl (C=O) groups excluding carboxylic acids is 1. The zero-order valence-corrected chi connectivity index (χ0v) is 13.8. The average molecular weight is 346 g/mol. The largest absolute Gasteiger partial charge is 0.502 e. The van der Waals surface area contributed by atoms with Gasteiger partial charge in [0.2, 0.25) is 11.7 Å². The number of carbonyl (C=O) groups is 1. The summed E-state index contributed by atoms with van der Waals surface area (Å²) >= 11 is 0. The second-order valence-corrected chi connectivity index (χ2v) is 5.98. The fraction of sp³-hybridized carbons (Fsp3) is 0.353. The highest BCUT2D eigenvalue weighted by Gasteiger charge is 2.23. The van der Waals surface area contributed by atoms with Gasteiger partial charge in [0.1, 0.15) is 11.6 Å². The van der Waals surface area contributed by atoms with Gasteiger partial charge in [-0.1, -0.05) is 12.1 Å². The van der Waals surface area contributed by atoms with Crippen LogP contribution < -0.4 is 16.2 Å². The van der Waals surface area contributed by atoms with E-state index in [0.717, 1.165) is 5.56 Å². The second-order valence-electron chi connectivity index (χ2n) is 5.98. The molecule has 7 nitrogen and oxygen atoms in total. The molecule has 2 heterocycles. The molecule has 8 heteroatoms. The summed E-state index contributed by atoms with van der Waals surface area (Å²) in [7, 11) is 0. The molecule has 0 radical (unpaired) electrons. The van der Waals surface area contributed by atoms with E-state index in [-0.39, 0.29) is 36.4 Å². The van der Waals surface area contributed by atoms with Crippen LogP contribution in [0.4, 0.5) is 4.39 Å². The summed E-state index contributed by atoms with van der Waals surface area (Å²) in [6.45, 7) is 3.14. The fourth-order valence-corrected chi connectivity index (χ4v) is 2.78. The van der Waals surface area contributed by atoms with Gasteiger partial charge in [-0.05, 0) is 24.6 Å². The first-order chi connectivity index (χ1) is 12.0. The smallest absolute Gasteiger partial charge is 0.296 e. The lowest BCUT2D eigenvalue weighted by atomic mass is 10.2. The van der Waals surface area contributed by atoms with Crippen molar-refractivity contribution in [3.63, 3.8) is 0 Å². The number of rotatable bonds is 4. The Kier molecular flexibility index (Phi) is 4.80. The maximum atomic E-state index is 12.9. The molecule has 1 aliphatic heterocycles. The number of aromatic hydroxyl groups is 1. The van der Waals surface area contributed by atoms with Crippen LogP contribution in [0.1, 0.15) is 30.0 Å². The zero-order chi connectivity index (χ0) is 18.0. The lowest BCUT2D eigenvalue weighted by Gasteiger charge is -2.25. The third kappa shape index (κ3) is 3.69. The Balaban J connectivity index is 1.73. The van der Waals surface area contributed by atoms with Crippen molar-refractivity contribution in [2.24, 2.45) is 0 Å². The molecule has 0 saturated carbocycles. The van der Waals surface area contributed by atoms with Crippen LogP contribution in [0.15, 0.2) is 29.1 Å². The maximum Gasteiger partial charge on any atom is 0.296 e. The summed E-state index contributed by atoms with van der Waals surface area (Å²) in [6.07, 6.45) is -0.206. The van der Waals surface area contributed by atoms with Crippen molar-refractivity contribution in [2.75, 3.05) is 6.54 Å². The number of nitrogens with one attached hydrogen (secondary N) is 2. The summed E-state index contributed by atoms with van der Waals surface area (Å²) in [4.78, 5) is 28.7. The third-order valence-electron chi connectivity index (χ3n) is 4.15. The molecule has 0 saturated heterocycles. The van der Waals surface area contributed by atoms with Gasteiger partial charge in [0.05, 0.1) is 18.2 Å². The highest BCUT2D eigenvalue weighted by Crippen LogP contribution is 2.17. The first-order valence-electron chi connectivity index (χ1n) is 8.03. The summed E-state index contributed by atoms with van der Waals surface area (Å²) < 4.78 is 14.3. The number of aromatic nitrogens is 2. The Morgan fingerprint density at radius 1 is 1.44 bits per heavy atom. The number of amides is 1. The van der Waals surface area contributed by atoms with E-state index in [4.69, 9.17) is 0 Å². The molecule has 1 unspecified atom stereocenters. The van der Waals surface area contributed by atoms with Gasteiger partial charge >= 0.3 is 0 Å². The molecule has 25 heavy (non-hydrogen) atoms. The van der Waals surface area contributed by atoms with Gasteiger partial charge in [-0.2, -0.15) is 0 Å². The van der Waals surface area contributed by atoms with Crippen molar-refractivity contribution in [1.29, 1.82) is 0 Å². The highest BCUT2D eigenvalue weighted by atomic mass is 19.1. The van der Waals surface area contributed by atoms with Gasteiger partial charge in [-0.25, -0.2) is 9.37 Å². The normalized spacial score (nSPS) is 16.3. The number of hydrogen-bond acceptors (Lipinski definition) is 5. The van der Waals surface area contributed by atoms with Crippen molar-refractivity contribution in [1.82, 2.24) is 20.2 Å². The lowest BCUT2D eigenvalue weighted by molar-refractivity contribution is -0.120. The Labute approximate surface area is 143 Å². The van der Waals surface area contributed by atoms with Gasteiger partial charge in [-0.15, -0.1) is 0 Å². The molecule has 0 bridgehead atoms. The summed E-state index contributed by atoms with van der Waals surface area (Å²) in [6, 6.07) is 5.64. The molecule has 0 spiro atoms. The number of fused-ring (bicyclic) bond motifs is 1. The molecule has 1 aromatic heterocycles. The number of benzene rings is 1. The van der Waals surface area contributed by atoms with Gasteiger partial charge in [0.15, 0.2) is 0 Å². The summed E-state index contributed by atoms with van der Waals surface area (Å²) in [5.74, 6) is -0.709. The van der Waals surface area contributed by atoms with Crippen LogP contribution in [0.2, 0.25) is 0 Å². The minimum atomic E-state index is -0.528. The van der Waals surface area contributed by atoms with Crippen LogP contribution in [0.5, 0.6) is 5.75 Å². The molecular formula is C17H19FN4O3. The summed E-state index contributed by atoms with van der Waals surface area (Å²) in [5.41, 5.74) is 0.276. The van der Waals surface area contributed by atoms with Crippen molar-refractivity contribution in [3.8, 4) is 5.75 Å². The van der Waals surface area contributed by atoms with Crippen LogP contribution in [0.3, 0.4) is 0 Å². The molecule has 1 aliphatic rings. The molecule has 1 aromatic carbocycles. The molecule has 0 fully saturated rings. The van der Waals surface area contributed by atoms with Crippen LogP contribution in [-0.2, 0) is 24.3 Å². The first kappa shape index (κ1) is 17.1. The van der Waals surface area contributed by atoms with Gasteiger partial charge in [-0.3, -0.25) is 14.2 Å². The average Bonchev–Trinajstić information content (AvgIpc) is 2.60. The highest BCUT2D eigenvalue weighted by molar-refractivity contribution is 5.78. The fourth-order valence-electron chi connectivity index (χ4n) is 2.78. The predicted octanol–water partition coefficient (Wildman–Crippen LogP) is 0.611. The van der Waals surface area contributed by atoms with Gasteiger partial charge < -0.3 is 15.7 Å². The number of hydrogen-bond donors (Lipinski definition) is 3. The van der Waals surface area contributed by atoms with Gasteiger partial charge in [0.25, 0.3) is 5.56 Å². The standard InChI is InChI=1S/C17H19FN4O3/c1-10-16-21-13(15(24)17(25)22(16)7-6-19-10)8-14(23)20-9-11-2-4-12(18)5-3-11/h2-5,10,19,24H,6-9H2,1H3,(H,20,23). The third-order valence-corrected chi connectivity index (χ3v) is 4.15. The SMILES string of the molecule is CC1NCCn2c1nc(CC(=O)NCc1ccc(F)cc1)c(O)c2=O. The quantitative estimate of drug-likeness (QED) is 0.754. The van der Waals surface area contributed by atoms with Crippen LogP contribution >= 0.6 is 0 Å². The van der Waals surface area contributed by atoms with Crippen LogP contribution in [-0.4, -0.2) is 27.1 Å². The van der Waals surface area contributed by atoms with Gasteiger partial charge in [0, 0.05) is 19.6 Å². The molecule has 1 atom stereocenters. The predicted molar refractivity (Wildman–Crippen MR) is 88.5 cm³/mol. The Bertz CT molecular complexity index is 848. The molecule has 132 valence electrons. The molecule has 3 N–H and O–H groups in total. The second kappa shape index (κ2) is 7.02. The topological polar surface area (TPSA) is 96.2 Å². The zero-order valence-electron chi connectivity index (χ0n) is 13.8. The van der Waals surface area contributed by atoms with Crippen molar-refractivity contribution < 1.29 is 14.3 Å². The van der Waals surface area contributed by atoms with E-state index in [1.165, 1.54) is 16.7 Å². The Morgan fingerprint density at radius 3 is 2.88 bits per heavy atom. The van der Waals surface area contributed by atoms with E-state index in [0.29, 0.717) is 18.9 Å². The Hall–Kier alpha value is -2.74. The van der Waals surface area contributed by atoms with Crippen molar-refractivity contribution >= 4 is 5.91 Å².